The molecule has 3 aromatic heterocycles. The first-order valence-electron chi connectivity index (χ1n) is 7.32. The number of nitrogens with one attached hydrogen (secondary N) is 1. The van der Waals surface area contributed by atoms with Crippen molar-refractivity contribution >= 4 is 44.1 Å². The number of pyridine rings is 1. The first-order valence-corrected chi connectivity index (χ1v) is 10.5. The minimum absolute atomic E-state index is 0.144. The zero-order valence-electron chi connectivity index (χ0n) is 12.8. The summed E-state index contributed by atoms with van der Waals surface area (Å²) in [5, 5.41) is 3.99. The number of hydrogen-bond donors (Lipinski definition) is 1. The highest BCUT2D eigenvalue weighted by molar-refractivity contribution is 7.89. The Morgan fingerprint density at radius 2 is 2.04 bits per heavy atom. The molecule has 9 heteroatoms. The van der Waals surface area contributed by atoms with Crippen molar-refractivity contribution in [2.75, 3.05) is 0 Å². The van der Waals surface area contributed by atoms with E-state index in [0.29, 0.717) is 11.0 Å². The predicted molar refractivity (Wildman–Crippen MR) is 99.0 cm³/mol. The summed E-state index contributed by atoms with van der Waals surface area (Å²) in [6.45, 7) is 0.177. The molecule has 126 valence electrons. The van der Waals surface area contributed by atoms with Gasteiger partial charge in [-0.2, -0.15) is 20.1 Å². The highest BCUT2D eigenvalue weighted by Crippen LogP contribution is 2.22. The van der Waals surface area contributed by atoms with Gasteiger partial charge in [-0.25, -0.2) is 13.1 Å². The smallest absolute Gasteiger partial charge is 0.243 e. The highest BCUT2D eigenvalue weighted by atomic mass is 32.2. The van der Waals surface area contributed by atoms with Crippen molar-refractivity contribution in [1.82, 2.24) is 18.5 Å². The Hall–Kier alpha value is -2.20. The van der Waals surface area contributed by atoms with Crippen LogP contribution in [-0.2, 0) is 16.6 Å². The van der Waals surface area contributed by atoms with Gasteiger partial charge in [0.15, 0.2) is 0 Å². The molecule has 6 nitrogen and oxygen atoms in total. The van der Waals surface area contributed by atoms with E-state index in [-0.39, 0.29) is 11.4 Å². The van der Waals surface area contributed by atoms with E-state index in [2.05, 4.69) is 18.5 Å². The Bertz CT molecular complexity index is 1120. The second kappa shape index (κ2) is 6.60. The van der Waals surface area contributed by atoms with Gasteiger partial charge in [-0.3, -0.25) is 4.98 Å². The summed E-state index contributed by atoms with van der Waals surface area (Å²) in [5.41, 5.74) is 3.66. The first kappa shape index (κ1) is 16.3. The number of aromatic nitrogens is 3. The van der Waals surface area contributed by atoms with Crippen LogP contribution in [0.25, 0.3) is 22.3 Å². The SMILES string of the molecule is O=S(=O)(NCc1ccnc(-c2ccsc2)c1)c1cccc2nsnc12. The standard InChI is InChI=1S/C16H12N4O2S3/c21-25(22,15-3-1-2-13-16(15)20-24-19-13)18-9-11-4-6-17-14(8-11)12-5-7-23-10-12/h1-8,10,18H,9H2. The van der Waals surface area contributed by atoms with Crippen LogP contribution in [0.5, 0.6) is 0 Å². The molecule has 0 radical (unpaired) electrons. The molecule has 0 atom stereocenters. The zero-order valence-corrected chi connectivity index (χ0v) is 15.2. The second-order valence-electron chi connectivity index (χ2n) is 5.27. The fourth-order valence-electron chi connectivity index (χ4n) is 2.41. The molecule has 0 aliphatic carbocycles. The van der Waals surface area contributed by atoms with Gasteiger partial charge in [-0.1, -0.05) is 6.07 Å². The summed E-state index contributed by atoms with van der Waals surface area (Å²) < 4.78 is 36.1. The molecule has 1 N–H and O–H groups in total. The Morgan fingerprint density at radius 1 is 1.12 bits per heavy atom. The van der Waals surface area contributed by atoms with Crippen molar-refractivity contribution in [3.63, 3.8) is 0 Å². The van der Waals surface area contributed by atoms with Crippen LogP contribution in [0, 0.1) is 0 Å². The minimum atomic E-state index is -3.69. The van der Waals surface area contributed by atoms with Crippen LogP contribution in [-0.4, -0.2) is 22.1 Å². The monoisotopic (exact) mass is 388 g/mol. The van der Waals surface area contributed by atoms with E-state index < -0.39 is 10.0 Å². The maximum Gasteiger partial charge on any atom is 0.243 e. The van der Waals surface area contributed by atoms with Gasteiger partial charge in [0.25, 0.3) is 0 Å². The fourth-order valence-corrected chi connectivity index (χ4v) is 4.84. The van der Waals surface area contributed by atoms with Gasteiger partial charge in [0.05, 0.1) is 17.4 Å². The van der Waals surface area contributed by atoms with Gasteiger partial charge in [0.1, 0.15) is 15.9 Å². The van der Waals surface area contributed by atoms with Gasteiger partial charge >= 0.3 is 0 Å². The summed E-state index contributed by atoms with van der Waals surface area (Å²) in [7, 11) is -3.69. The molecular formula is C16H12N4O2S3. The van der Waals surface area contributed by atoms with Crippen molar-refractivity contribution in [2.24, 2.45) is 0 Å². The van der Waals surface area contributed by atoms with Crippen molar-refractivity contribution in [3.8, 4) is 11.3 Å². The van der Waals surface area contributed by atoms with Crippen molar-refractivity contribution in [1.29, 1.82) is 0 Å². The Labute approximate surface area is 152 Å². The summed E-state index contributed by atoms with van der Waals surface area (Å²) in [6, 6.07) is 10.6. The van der Waals surface area contributed by atoms with Gasteiger partial charge < -0.3 is 0 Å². The predicted octanol–water partition coefficient (Wildman–Crippen LogP) is 3.29. The first-order chi connectivity index (χ1) is 12.1. The van der Waals surface area contributed by atoms with Crippen LogP contribution < -0.4 is 4.72 Å². The number of nitrogens with zero attached hydrogens (tertiary/aromatic N) is 3. The topological polar surface area (TPSA) is 84.8 Å². The van der Waals surface area contributed by atoms with Crippen LogP contribution in [0.3, 0.4) is 0 Å². The van der Waals surface area contributed by atoms with E-state index in [0.717, 1.165) is 28.5 Å². The van der Waals surface area contributed by atoms with E-state index in [1.54, 1.807) is 35.7 Å². The minimum Gasteiger partial charge on any atom is -0.256 e. The molecule has 4 aromatic rings. The quantitative estimate of drug-likeness (QED) is 0.567. The Balaban J connectivity index is 1.59. The average Bonchev–Trinajstić information content (AvgIpc) is 3.31. The van der Waals surface area contributed by atoms with Crippen LogP contribution in [0.4, 0.5) is 0 Å². The molecule has 0 unspecified atom stereocenters. The molecule has 0 spiro atoms. The molecule has 0 saturated heterocycles. The van der Waals surface area contributed by atoms with Crippen LogP contribution in [0.15, 0.2) is 58.3 Å². The van der Waals surface area contributed by atoms with E-state index in [9.17, 15) is 8.42 Å². The molecule has 0 saturated carbocycles. The lowest BCUT2D eigenvalue weighted by atomic mass is 10.1. The molecule has 0 aliphatic heterocycles. The lowest BCUT2D eigenvalue weighted by molar-refractivity contribution is 0.582. The lowest BCUT2D eigenvalue weighted by Gasteiger charge is -2.08. The van der Waals surface area contributed by atoms with Gasteiger partial charge in [0.2, 0.25) is 10.0 Å². The van der Waals surface area contributed by atoms with Gasteiger partial charge in [0, 0.05) is 23.7 Å². The number of fused-ring (bicyclic) bond motifs is 1. The third kappa shape index (κ3) is 3.31. The largest absolute Gasteiger partial charge is 0.256 e. The van der Waals surface area contributed by atoms with E-state index in [4.69, 9.17) is 0 Å². The number of thiophene rings is 1. The van der Waals surface area contributed by atoms with E-state index in [1.165, 1.54) is 6.07 Å². The molecule has 0 bridgehead atoms. The molecule has 25 heavy (non-hydrogen) atoms. The molecule has 1 aromatic carbocycles. The van der Waals surface area contributed by atoms with Crippen molar-refractivity contribution < 1.29 is 8.42 Å². The molecule has 3 heterocycles. The maximum atomic E-state index is 12.6. The number of sulfonamides is 1. The van der Waals surface area contributed by atoms with Crippen LogP contribution in [0.2, 0.25) is 0 Å². The Morgan fingerprint density at radius 3 is 2.88 bits per heavy atom. The number of hydrogen-bond acceptors (Lipinski definition) is 7. The van der Waals surface area contributed by atoms with Crippen LogP contribution in [0.1, 0.15) is 5.56 Å². The van der Waals surface area contributed by atoms with Gasteiger partial charge in [-0.05, 0) is 41.3 Å². The molecule has 4 rings (SSSR count). The third-order valence-electron chi connectivity index (χ3n) is 3.65. The third-order valence-corrected chi connectivity index (χ3v) is 6.30. The molecule has 0 amide bonds. The summed E-state index contributed by atoms with van der Waals surface area (Å²) in [6.07, 6.45) is 1.68. The van der Waals surface area contributed by atoms with E-state index in [1.807, 2.05) is 22.9 Å². The Kier molecular flexibility index (Phi) is 4.30. The highest BCUT2D eigenvalue weighted by Gasteiger charge is 2.19. The molecular weight excluding hydrogens is 376 g/mol. The van der Waals surface area contributed by atoms with Gasteiger partial charge in [-0.15, -0.1) is 0 Å². The van der Waals surface area contributed by atoms with E-state index >= 15 is 0 Å². The average molecular weight is 388 g/mol. The maximum absolute atomic E-state index is 12.6. The van der Waals surface area contributed by atoms with Crippen molar-refractivity contribution in [2.45, 2.75) is 11.4 Å². The zero-order chi connectivity index (χ0) is 17.3. The number of benzene rings is 1. The lowest BCUT2D eigenvalue weighted by Crippen LogP contribution is -2.23. The molecule has 0 fully saturated rings. The number of rotatable bonds is 5. The normalized spacial score (nSPS) is 11.8. The summed E-state index contributed by atoms with van der Waals surface area (Å²) in [5.74, 6) is 0. The summed E-state index contributed by atoms with van der Waals surface area (Å²) in [4.78, 5) is 4.48. The molecule has 0 aliphatic rings. The second-order valence-corrected chi connectivity index (χ2v) is 8.32. The van der Waals surface area contributed by atoms with Crippen LogP contribution >= 0.6 is 23.1 Å². The van der Waals surface area contributed by atoms with Crippen molar-refractivity contribution in [3.05, 3.63) is 58.9 Å². The fraction of sp³-hybridized carbons (Fsp3) is 0.0625. The summed E-state index contributed by atoms with van der Waals surface area (Å²) >= 11 is 2.59.